The van der Waals surface area contributed by atoms with Gasteiger partial charge in [-0.25, -0.2) is 0 Å². The molecule has 0 fully saturated rings. The van der Waals surface area contributed by atoms with E-state index in [0.717, 1.165) is 12.1 Å². The third-order valence-electron chi connectivity index (χ3n) is 6.65. The number of benzene rings is 2. The number of rotatable bonds is 11. The second-order valence-electron chi connectivity index (χ2n) is 9.43. The maximum absolute atomic E-state index is 4.10. The van der Waals surface area contributed by atoms with E-state index in [1.807, 2.05) is 6.08 Å². The molecule has 0 aliphatic carbocycles. The van der Waals surface area contributed by atoms with E-state index in [1.165, 1.54) is 65.7 Å². The maximum Gasteiger partial charge on any atom is 0.0520 e. The normalized spacial score (nSPS) is 12.2. The lowest BCUT2D eigenvalue weighted by Gasteiger charge is -2.31. The molecular formula is C30H43N. The predicted molar refractivity (Wildman–Crippen MR) is 140 cm³/mol. The van der Waals surface area contributed by atoms with Gasteiger partial charge in [0.2, 0.25) is 0 Å². The van der Waals surface area contributed by atoms with Crippen LogP contribution in [-0.4, -0.2) is 0 Å². The Morgan fingerprint density at radius 2 is 1.58 bits per heavy atom. The van der Waals surface area contributed by atoms with E-state index in [0.29, 0.717) is 0 Å². The summed E-state index contributed by atoms with van der Waals surface area (Å²) in [4.78, 5) is 2.36. The predicted octanol–water partition coefficient (Wildman–Crippen LogP) is 9.34. The van der Waals surface area contributed by atoms with Crippen molar-refractivity contribution in [2.75, 3.05) is 4.90 Å². The Morgan fingerprint density at radius 3 is 2.06 bits per heavy atom. The fourth-order valence-corrected chi connectivity index (χ4v) is 4.31. The van der Waals surface area contributed by atoms with Crippen LogP contribution in [0.1, 0.15) is 89.0 Å². The smallest absolute Gasteiger partial charge is 0.0520 e. The summed E-state index contributed by atoms with van der Waals surface area (Å²) in [5.41, 5.74) is 9.25. The minimum atomic E-state index is 0.191. The summed E-state index contributed by atoms with van der Waals surface area (Å²) in [5, 5.41) is 0. The van der Waals surface area contributed by atoms with E-state index < -0.39 is 0 Å². The Hall–Kier alpha value is -2.28. The number of aryl methyl sites for hydroxylation is 3. The average Bonchev–Trinajstić information content (AvgIpc) is 2.76. The lowest BCUT2D eigenvalue weighted by atomic mass is 9.82. The topological polar surface area (TPSA) is 3.24 Å². The van der Waals surface area contributed by atoms with Gasteiger partial charge in [0, 0.05) is 11.4 Å². The Bertz CT molecular complexity index is 860. The lowest BCUT2D eigenvalue weighted by molar-refractivity contribution is 0.506. The van der Waals surface area contributed by atoms with Gasteiger partial charge in [-0.15, -0.1) is 0 Å². The first-order valence-electron chi connectivity index (χ1n) is 12.1. The maximum atomic E-state index is 4.10. The molecule has 0 saturated heterocycles. The van der Waals surface area contributed by atoms with E-state index in [1.54, 1.807) is 0 Å². The second kappa shape index (κ2) is 11.4. The third-order valence-corrected chi connectivity index (χ3v) is 6.65. The zero-order valence-electron chi connectivity index (χ0n) is 21.0. The van der Waals surface area contributed by atoms with Gasteiger partial charge in [0.25, 0.3) is 0 Å². The number of allylic oxidation sites excluding steroid dienone is 2. The summed E-state index contributed by atoms with van der Waals surface area (Å²) in [6.45, 7) is 19.8. The third kappa shape index (κ3) is 6.12. The summed E-state index contributed by atoms with van der Waals surface area (Å²) >= 11 is 0. The van der Waals surface area contributed by atoms with Crippen LogP contribution in [0.25, 0.3) is 0 Å². The van der Waals surface area contributed by atoms with Crippen LogP contribution in [0, 0.1) is 13.8 Å². The van der Waals surface area contributed by atoms with Gasteiger partial charge in [0.15, 0.2) is 0 Å². The molecule has 1 nitrogen and oxygen atoms in total. The quantitative estimate of drug-likeness (QED) is 0.260. The van der Waals surface area contributed by atoms with Crippen LogP contribution >= 0.6 is 0 Å². The molecule has 0 N–H and O–H groups in total. The Labute approximate surface area is 191 Å². The number of anilines is 2. The SMILES string of the molecule is C=C/C(=C\C)N(c1ccc(C(C)(C)CC)cc1)c1c(C)cc(CCCCCC)cc1C. The van der Waals surface area contributed by atoms with Crippen LogP contribution in [0.2, 0.25) is 0 Å². The molecule has 31 heavy (non-hydrogen) atoms. The van der Waals surface area contributed by atoms with E-state index in [2.05, 4.69) is 102 Å². The molecule has 0 heterocycles. The standard InChI is InChI=1S/C30H43N/c1-9-13-14-15-16-25-21-23(5)29(24(6)22-25)31(27(10-2)11-3)28-19-17-26(18-20-28)30(7,8)12-4/h10-11,17-22H,2,9,12-16H2,1,3-8H3/b27-11+. The van der Waals surface area contributed by atoms with Gasteiger partial charge in [-0.05, 0) is 85.9 Å². The molecular weight excluding hydrogens is 374 g/mol. The van der Waals surface area contributed by atoms with Crippen LogP contribution in [-0.2, 0) is 11.8 Å². The molecule has 2 aromatic carbocycles. The molecule has 0 saturated carbocycles. The molecule has 2 rings (SSSR count). The van der Waals surface area contributed by atoms with Gasteiger partial charge < -0.3 is 4.90 Å². The summed E-state index contributed by atoms with van der Waals surface area (Å²) in [5.74, 6) is 0. The molecule has 0 atom stereocenters. The molecule has 0 aliphatic rings. The van der Waals surface area contributed by atoms with E-state index in [4.69, 9.17) is 0 Å². The zero-order valence-corrected chi connectivity index (χ0v) is 21.0. The highest BCUT2D eigenvalue weighted by Crippen LogP contribution is 2.37. The van der Waals surface area contributed by atoms with E-state index in [9.17, 15) is 0 Å². The molecule has 168 valence electrons. The van der Waals surface area contributed by atoms with Crippen LogP contribution in [0.15, 0.2) is 60.8 Å². The Balaban J connectivity index is 2.46. The fraction of sp³-hybridized carbons (Fsp3) is 0.467. The van der Waals surface area contributed by atoms with Gasteiger partial charge in [-0.1, -0.05) is 83.9 Å². The average molecular weight is 418 g/mol. The molecule has 0 aromatic heterocycles. The highest BCUT2D eigenvalue weighted by atomic mass is 15.1. The van der Waals surface area contributed by atoms with Crippen molar-refractivity contribution in [3.63, 3.8) is 0 Å². The highest BCUT2D eigenvalue weighted by molar-refractivity contribution is 5.75. The first kappa shape index (κ1) is 25.0. The van der Waals surface area contributed by atoms with Gasteiger partial charge in [0.05, 0.1) is 5.69 Å². The van der Waals surface area contributed by atoms with Crippen LogP contribution in [0.5, 0.6) is 0 Å². The number of hydrogen-bond acceptors (Lipinski definition) is 1. The molecule has 2 aromatic rings. The number of hydrogen-bond donors (Lipinski definition) is 0. The largest absolute Gasteiger partial charge is 0.310 e. The highest BCUT2D eigenvalue weighted by Gasteiger charge is 2.21. The molecule has 1 heteroatoms. The molecule has 0 aliphatic heterocycles. The van der Waals surface area contributed by atoms with E-state index >= 15 is 0 Å². The molecule has 0 unspecified atom stereocenters. The molecule has 0 radical (unpaired) electrons. The van der Waals surface area contributed by atoms with Crippen molar-refractivity contribution in [1.82, 2.24) is 0 Å². The Morgan fingerprint density at radius 1 is 0.968 bits per heavy atom. The van der Waals surface area contributed by atoms with Crippen LogP contribution in [0.3, 0.4) is 0 Å². The van der Waals surface area contributed by atoms with Crippen LogP contribution < -0.4 is 4.90 Å². The van der Waals surface area contributed by atoms with Crippen molar-refractivity contribution in [2.45, 2.75) is 92.4 Å². The first-order valence-corrected chi connectivity index (χ1v) is 12.1. The van der Waals surface area contributed by atoms with Crippen molar-refractivity contribution in [2.24, 2.45) is 0 Å². The molecule has 0 bridgehead atoms. The van der Waals surface area contributed by atoms with Gasteiger partial charge in [-0.3, -0.25) is 0 Å². The van der Waals surface area contributed by atoms with Crippen molar-refractivity contribution in [1.29, 1.82) is 0 Å². The summed E-state index contributed by atoms with van der Waals surface area (Å²) < 4.78 is 0. The summed E-state index contributed by atoms with van der Waals surface area (Å²) in [6, 6.07) is 13.9. The molecule has 0 spiro atoms. The monoisotopic (exact) mass is 417 g/mol. The van der Waals surface area contributed by atoms with Gasteiger partial charge in [-0.2, -0.15) is 0 Å². The van der Waals surface area contributed by atoms with Crippen molar-refractivity contribution in [3.8, 4) is 0 Å². The Kier molecular flexibility index (Phi) is 9.16. The van der Waals surface area contributed by atoms with Crippen LogP contribution in [0.4, 0.5) is 11.4 Å². The zero-order chi connectivity index (χ0) is 23.0. The first-order chi connectivity index (χ1) is 14.8. The number of nitrogens with zero attached hydrogens (tertiary/aromatic N) is 1. The van der Waals surface area contributed by atoms with Gasteiger partial charge >= 0.3 is 0 Å². The van der Waals surface area contributed by atoms with E-state index in [-0.39, 0.29) is 5.41 Å². The van der Waals surface area contributed by atoms with Gasteiger partial charge in [0.1, 0.15) is 0 Å². The minimum Gasteiger partial charge on any atom is -0.310 e. The van der Waals surface area contributed by atoms with Crippen molar-refractivity contribution >= 4 is 11.4 Å². The summed E-state index contributed by atoms with van der Waals surface area (Å²) in [6.07, 6.45) is 11.6. The fourth-order valence-electron chi connectivity index (χ4n) is 4.31. The number of unbranched alkanes of at least 4 members (excludes halogenated alkanes) is 3. The van der Waals surface area contributed by atoms with Crippen molar-refractivity contribution < 1.29 is 0 Å². The minimum absolute atomic E-state index is 0.191. The molecule has 0 amide bonds. The lowest BCUT2D eigenvalue weighted by Crippen LogP contribution is -2.19. The second-order valence-corrected chi connectivity index (χ2v) is 9.43. The van der Waals surface area contributed by atoms with Crippen molar-refractivity contribution in [3.05, 3.63) is 83.1 Å². The summed E-state index contributed by atoms with van der Waals surface area (Å²) in [7, 11) is 0.